The number of rotatable bonds is 6. The van der Waals surface area contributed by atoms with Crippen LogP contribution >= 0.6 is 11.8 Å². The first-order valence-corrected chi connectivity index (χ1v) is 11.1. The minimum absolute atomic E-state index is 0.122. The molecule has 156 valence electrons. The van der Waals surface area contributed by atoms with Crippen molar-refractivity contribution in [2.24, 2.45) is 0 Å². The van der Waals surface area contributed by atoms with Crippen molar-refractivity contribution in [3.05, 3.63) is 48.3 Å². The molecule has 1 saturated heterocycles. The summed E-state index contributed by atoms with van der Waals surface area (Å²) in [6.07, 6.45) is 3.48. The Balaban J connectivity index is 1.35. The van der Waals surface area contributed by atoms with E-state index in [-0.39, 0.29) is 5.91 Å². The van der Waals surface area contributed by atoms with Crippen LogP contribution in [0, 0.1) is 6.92 Å². The van der Waals surface area contributed by atoms with Crippen LogP contribution < -0.4 is 4.90 Å². The van der Waals surface area contributed by atoms with Crippen molar-refractivity contribution in [1.29, 1.82) is 0 Å². The van der Waals surface area contributed by atoms with E-state index in [0.29, 0.717) is 18.8 Å². The Morgan fingerprint density at radius 3 is 2.53 bits per heavy atom. The molecule has 3 heterocycles. The van der Waals surface area contributed by atoms with Gasteiger partial charge in [-0.2, -0.15) is 0 Å². The van der Waals surface area contributed by atoms with Gasteiger partial charge >= 0.3 is 0 Å². The zero-order valence-corrected chi connectivity index (χ0v) is 18.0. The molecule has 0 spiro atoms. The van der Waals surface area contributed by atoms with Crippen LogP contribution in [0.3, 0.4) is 0 Å². The number of aryl methyl sites for hydroxylation is 1. The molecule has 0 bridgehead atoms. The van der Waals surface area contributed by atoms with Crippen molar-refractivity contribution in [3.8, 4) is 11.4 Å². The van der Waals surface area contributed by atoms with Gasteiger partial charge in [0.1, 0.15) is 0 Å². The highest BCUT2D eigenvalue weighted by atomic mass is 32.2. The lowest BCUT2D eigenvalue weighted by Crippen LogP contribution is -2.49. The van der Waals surface area contributed by atoms with Gasteiger partial charge in [0.2, 0.25) is 11.9 Å². The number of benzene rings is 1. The molecule has 30 heavy (non-hydrogen) atoms. The topological polar surface area (TPSA) is 80.0 Å². The van der Waals surface area contributed by atoms with Crippen molar-refractivity contribution in [2.75, 3.05) is 36.8 Å². The van der Waals surface area contributed by atoms with Gasteiger partial charge in [-0.05, 0) is 26.0 Å². The Hall–Kier alpha value is -2.94. The normalized spacial score (nSPS) is 14.2. The summed E-state index contributed by atoms with van der Waals surface area (Å²) in [6, 6.07) is 10.0. The fourth-order valence-electron chi connectivity index (χ4n) is 3.51. The van der Waals surface area contributed by atoms with Gasteiger partial charge in [0.05, 0.1) is 5.75 Å². The molecule has 1 fully saturated rings. The lowest BCUT2D eigenvalue weighted by atomic mass is 10.1. The summed E-state index contributed by atoms with van der Waals surface area (Å²) in [5, 5.41) is 9.50. The van der Waals surface area contributed by atoms with E-state index in [1.54, 1.807) is 18.5 Å². The zero-order valence-electron chi connectivity index (χ0n) is 17.2. The number of carbonyl (C=O) groups excluding carboxylic acids is 1. The fourth-order valence-corrected chi connectivity index (χ4v) is 4.41. The lowest BCUT2D eigenvalue weighted by molar-refractivity contribution is -0.128. The van der Waals surface area contributed by atoms with Crippen molar-refractivity contribution < 1.29 is 4.79 Å². The summed E-state index contributed by atoms with van der Waals surface area (Å²) in [4.78, 5) is 25.3. The van der Waals surface area contributed by atoms with E-state index in [1.807, 2.05) is 17.0 Å². The summed E-state index contributed by atoms with van der Waals surface area (Å²) < 4.78 is 2.07. The Bertz CT molecular complexity index is 1000. The highest BCUT2D eigenvalue weighted by Gasteiger charge is 2.23. The van der Waals surface area contributed by atoms with Crippen molar-refractivity contribution in [3.63, 3.8) is 0 Å². The van der Waals surface area contributed by atoms with Gasteiger partial charge in [-0.25, -0.2) is 9.97 Å². The molecule has 0 unspecified atom stereocenters. The van der Waals surface area contributed by atoms with Crippen LogP contribution in [0.25, 0.3) is 11.4 Å². The van der Waals surface area contributed by atoms with Crippen molar-refractivity contribution in [1.82, 2.24) is 29.6 Å². The second-order valence-corrected chi connectivity index (χ2v) is 8.07. The van der Waals surface area contributed by atoms with Crippen LogP contribution in [-0.2, 0) is 11.3 Å². The van der Waals surface area contributed by atoms with Gasteiger partial charge in [-0.3, -0.25) is 4.79 Å². The standard InChI is InChI=1S/C21H25N7OS/c1-3-28-19(17-7-4-6-16(2)14-17)24-25-21(28)30-15-18(29)26-10-12-27(13-11-26)20-22-8-5-9-23-20/h4-9,14H,3,10-13,15H2,1-2H3. The minimum atomic E-state index is 0.122. The first-order valence-electron chi connectivity index (χ1n) is 10.1. The molecule has 0 atom stereocenters. The molecular formula is C21H25N7OS. The monoisotopic (exact) mass is 423 g/mol. The molecule has 9 heteroatoms. The summed E-state index contributed by atoms with van der Waals surface area (Å²) >= 11 is 1.45. The number of hydrogen-bond donors (Lipinski definition) is 0. The van der Waals surface area contributed by atoms with Crippen molar-refractivity contribution in [2.45, 2.75) is 25.5 Å². The number of anilines is 1. The van der Waals surface area contributed by atoms with Gasteiger partial charge in [0, 0.05) is 50.7 Å². The van der Waals surface area contributed by atoms with E-state index in [1.165, 1.54) is 17.3 Å². The molecule has 8 nitrogen and oxygen atoms in total. The first kappa shape index (κ1) is 20.3. The van der Waals surface area contributed by atoms with Gasteiger partial charge < -0.3 is 14.4 Å². The summed E-state index contributed by atoms with van der Waals surface area (Å²) in [5.41, 5.74) is 2.23. The second-order valence-electron chi connectivity index (χ2n) is 7.13. The van der Waals surface area contributed by atoms with Crippen LogP contribution in [0.5, 0.6) is 0 Å². The maximum Gasteiger partial charge on any atom is 0.233 e. The van der Waals surface area contributed by atoms with Crippen LogP contribution in [0.4, 0.5) is 5.95 Å². The molecule has 1 amide bonds. The van der Waals surface area contributed by atoms with E-state index >= 15 is 0 Å². The third-order valence-corrected chi connectivity index (χ3v) is 6.05. The highest BCUT2D eigenvalue weighted by molar-refractivity contribution is 7.99. The minimum Gasteiger partial charge on any atom is -0.338 e. The fraction of sp³-hybridized carbons (Fsp3) is 0.381. The zero-order chi connectivity index (χ0) is 20.9. The first-order chi connectivity index (χ1) is 14.7. The summed E-state index contributed by atoms with van der Waals surface area (Å²) in [6.45, 7) is 7.71. The summed E-state index contributed by atoms with van der Waals surface area (Å²) in [7, 11) is 0. The van der Waals surface area contributed by atoms with E-state index in [2.05, 4.69) is 55.6 Å². The third-order valence-electron chi connectivity index (χ3n) is 5.10. The molecule has 0 aliphatic carbocycles. The lowest BCUT2D eigenvalue weighted by Gasteiger charge is -2.34. The Morgan fingerprint density at radius 2 is 1.83 bits per heavy atom. The molecule has 2 aromatic heterocycles. The average molecular weight is 424 g/mol. The predicted octanol–water partition coefficient (Wildman–Crippen LogP) is 2.50. The number of carbonyl (C=O) groups is 1. The Labute approximate surface area is 180 Å². The number of thioether (sulfide) groups is 1. The molecule has 0 N–H and O–H groups in total. The quantitative estimate of drug-likeness (QED) is 0.564. The largest absolute Gasteiger partial charge is 0.338 e. The molecule has 4 rings (SSSR count). The maximum absolute atomic E-state index is 12.7. The van der Waals surface area contributed by atoms with Crippen molar-refractivity contribution >= 4 is 23.6 Å². The molecule has 0 saturated carbocycles. The molecule has 1 aromatic carbocycles. The number of hydrogen-bond acceptors (Lipinski definition) is 7. The Morgan fingerprint density at radius 1 is 1.07 bits per heavy atom. The Kier molecular flexibility index (Phi) is 6.27. The van der Waals surface area contributed by atoms with E-state index in [0.717, 1.165) is 42.1 Å². The van der Waals surface area contributed by atoms with E-state index in [9.17, 15) is 4.79 Å². The number of aromatic nitrogens is 5. The van der Waals surface area contributed by atoms with Crippen LogP contribution in [0.15, 0.2) is 47.9 Å². The molecule has 1 aliphatic heterocycles. The predicted molar refractivity (Wildman–Crippen MR) is 117 cm³/mol. The highest BCUT2D eigenvalue weighted by Crippen LogP contribution is 2.25. The van der Waals surface area contributed by atoms with Gasteiger partial charge in [-0.1, -0.05) is 35.5 Å². The van der Waals surface area contributed by atoms with Crippen LogP contribution in [-0.4, -0.2) is 67.5 Å². The van der Waals surface area contributed by atoms with Gasteiger partial charge in [0.25, 0.3) is 0 Å². The SMILES string of the molecule is CCn1c(SCC(=O)N2CCN(c3ncccn3)CC2)nnc1-c1cccc(C)c1. The number of amides is 1. The molecule has 0 radical (unpaired) electrons. The number of nitrogens with zero attached hydrogens (tertiary/aromatic N) is 7. The van der Waals surface area contributed by atoms with E-state index in [4.69, 9.17) is 0 Å². The van der Waals surface area contributed by atoms with Crippen LogP contribution in [0.2, 0.25) is 0 Å². The van der Waals surface area contributed by atoms with Gasteiger partial charge in [-0.15, -0.1) is 10.2 Å². The summed E-state index contributed by atoms with van der Waals surface area (Å²) in [5.74, 6) is 2.04. The second kappa shape index (κ2) is 9.25. The molecular weight excluding hydrogens is 398 g/mol. The third kappa shape index (κ3) is 4.46. The average Bonchev–Trinajstić information content (AvgIpc) is 3.21. The molecule has 3 aromatic rings. The van der Waals surface area contributed by atoms with Crippen LogP contribution in [0.1, 0.15) is 12.5 Å². The number of piperazine rings is 1. The maximum atomic E-state index is 12.7. The smallest absolute Gasteiger partial charge is 0.233 e. The van der Waals surface area contributed by atoms with E-state index < -0.39 is 0 Å². The van der Waals surface area contributed by atoms with Gasteiger partial charge in [0.15, 0.2) is 11.0 Å². The molecule has 1 aliphatic rings.